The van der Waals surface area contributed by atoms with Crippen molar-refractivity contribution in [3.63, 3.8) is 0 Å². The number of ketones is 2. The Bertz CT molecular complexity index is 524. The summed E-state index contributed by atoms with van der Waals surface area (Å²) in [4.78, 5) is 46.4. The lowest BCUT2D eigenvalue weighted by atomic mass is 10.0. The first-order valence-electron chi connectivity index (χ1n) is 9.11. The van der Waals surface area contributed by atoms with Gasteiger partial charge in [-0.1, -0.05) is 38.7 Å². The normalized spacial score (nSPS) is 17.3. The first kappa shape index (κ1) is 21.1. The maximum absolute atomic E-state index is 11.8. The number of ether oxygens (including phenoxy) is 1. The molecule has 1 saturated heterocycles. The Morgan fingerprint density at radius 1 is 1.16 bits per heavy atom. The summed E-state index contributed by atoms with van der Waals surface area (Å²) in [5.74, 6) is -1.34. The fourth-order valence-electron chi connectivity index (χ4n) is 2.54. The van der Waals surface area contributed by atoms with E-state index in [4.69, 9.17) is 4.74 Å². The number of Topliss-reactive ketones (excluding diaryl/α,β-unsaturated/α-hetero) is 2. The number of nitrogens with one attached hydrogen (secondary N) is 1. The molecule has 140 valence electrons. The Morgan fingerprint density at radius 2 is 1.88 bits per heavy atom. The molecule has 0 aromatic heterocycles. The van der Waals surface area contributed by atoms with Crippen LogP contribution in [0, 0.1) is 0 Å². The van der Waals surface area contributed by atoms with Gasteiger partial charge in [0, 0.05) is 19.3 Å². The zero-order chi connectivity index (χ0) is 18.7. The van der Waals surface area contributed by atoms with E-state index in [-0.39, 0.29) is 24.7 Å². The SMILES string of the molecule is CCCCCCCC(=O)C(=O)CC=C(C)COC(=O)[C@@H]1CCC(=O)N1. The molecule has 25 heavy (non-hydrogen) atoms. The van der Waals surface area contributed by atoms with E-state index in [1.54, 1.807) is 13.0 Å². The average Bonchev–Trinajstić information content (AvgIpc) is 3.03. The summed E-state index contributed by atoms with van der Waals surface area (Å²) in [5, 5.41) is 2.54. The number of rotatable bonds is 12. The molecule has 0 aliphatic carbocycles. The molecule has 0 aromatic carbocycles. The minimum atomic E-state index is -0.573. The first-order chi connectivity index (χ1) is 11.9. The van der Waals surface area contributed by atoms with Crippen LogP contribution in [0.15, 0.2) is 11.6 Å². The average molecular weight is 351 g/mol. The van der Waals surface area contributed by atoms with Gasteiger partial charge in [0.15, 0.2) is 5.78 Å². The van der Waals surface area contributed by atoms with Crippen LogP contribution < -0.4 is 5.32 Å². The van der Waals surface area contributed by atoms with Crippen LogP contribution in [0.1, 0.15) is 71.6 Å². The van der Waals surface area contributed by atoms with Gasteiger partial charge in [0.2, 0.25) is 11.7 Å². The molecule has 6 nitrogen and oxygen atoms in total. The lowest BCUT2D eigenvalue weighted by Crippen LogP contribution is -2.34. The largest absolute Gasteiger partial charge is 0.460 e. The number of carbonyl (C=O) groups is 4. The molecule has 0 saturated carbocycles. The predicted molar refractivity (Wildman–Crippen MR) is 93.9 cm³/mol. The van der Waals surface area contributed by atoms with Crippen molar-refractivity contribution >= 4 is 23.4 Å². The number of esters is 1. The van der Waals surface area contributed by atoms with E-state index in [9.17, 15) is 19.2 Å². The summed E-state index contributed by atoms with van der Waals surface area (Å²) in [6.07, 6.45) is 7.91. The number of carbonyl (C=O) groups excluding carboxylic acids is 4. The molecule has 0 bridgehead atoms. The van der Waals surface area contributed by atoms with Gasteiger partial charge in [0.05, 0.1) is 0 Å². The molecular formula is C19H29NO5. The van der Waals surface area contributed by atoms with Crippen molar-refractivity contribution in [3.05, 3.63) is 11.6 Å². The van der Waals surface area contributed by atoms with Crippen molar-refractivity contribution in [3.8, 4) is 0 Å². The number of hydrogen-bond acceptors (Lipinski definition) is 5. The number of unbranched alkanes of at least 4 members (excludes halogenated alkanes) is 4. The third-order valence-corrected chi connectivity index (χ3v) is 4.18. The molecule has 0 aromatic rings. The number of hydrogen-bond donors (Lipinski definition) is 1. The molecular weight excluding hydrogens is 322 g/mol. The van der Waals surface area contributed by atoms with Gasteiger partial charge >= 0.3 is 5.97 Å². The lowest BCUT2D eigenvalue weighted by molar-refractivity contribution is -0.145. The van der Waals surface area contributed by atoms with E-state index < -0.39 is 17.8 Å². The molecule has 1 N–H and O–H groups in total. The zero-order valence-corrected chi connectivity index (χ0v) is 15.3. The zero-order valence-electron chi connectivity index (χ0n) is 15.3. The van der Waals surface area contributed by atoms with Crippen molar-refractivity contribution in [2.24, 2.45) is 0 Å². The van der Waals surface area contributed by atoms with Crippen LogP contribution in [0.5, 0.6) is 0 Å². The van der Waals surface area contributed by atoms with E-state index in [2.05, 4.69) is 12.2 Å². The summed E-state index contributed by atoms with van der Waals surface area (Å²) in [6, 6.07) is -0.573. The van der Waals surface area contributed by atoms with Gasteiger partial charge < -0.3 is 10.1 Å². The molecule has 0 radical (unpaired) electrons. The molecule has 0 unspecified atom stereocenters. The Hall–Kier alpha value is -1.98. The molecule has 0 spiro atoms. The summed E-state index contributed by atoms with van der Waals surface area (Å²) < 4.78 is 5.11. The van der Waals surface area contributed by atoms with Gasteiger partial charge in [-0.05, 0) is 25.3 Å². The minimum absolute atomic E-state index is 0.0390. The van der Waals surface area contributed by atoms with Crippen LogP contribution in [0.3, 0.4) is 0 Å². The lowest BCUT2D eigenvalue weighted by Gasteiger charge is -2.10. The smallest absolute Gasteiger partial charge is 0.328 e. The highest BCUT2D eigenvalue weighted by Gasteiger charge is 2.28. The predicted octanol–water partition coefficient (Wildman–Crippen LogP) is 2.64. The molecule has 1 fully saturated rings. The molecule has 6 heteroatoms. The van der Waals surface area contributed by atoms with Crippen LogP contribution in [0.4, 0.5) is 0 Å². The van der Waals surface area contributed by atoms with Crippen molar-refractivity contribution in [1.29, 1.82) is 0 Å². The molecule has 1 rings (SSSR count). The molecule has 1 heterocycles. The summed E-state index contributed by atoms with van der Waals surface area (Å²) in [6.45, 7) is 3.93. The van der Waals surface area contributed by atoms with E-state index in [1.807, 2.05) is 0 Å². The van der Waals surface area contributed by atoms with Crippen LogP contribution in [0.2, 0.25) is 0 Å². The second-order valence-electron chi connectivity index (χ2n) is 6.53. The van der Waals surface area contributed by atoms with Gasteiger partial charge in [-0.2, -0.15) is 0 Å². The van der Waals surface area contributed by atoms with E-state index in [0.717, 1.165) is 32.1 Å². The highest BCUT2D eigenvalue weighted by Crippen LogP contribution is 2.10. The topological polar surface area (TPSA) is 89.5 Å². The van der Waals surface area contributed by atoms with Gasteiger partial charge in [-0.3, -0.25) is 14.4 Å². The highest BCUT2D eigenvalue weighted by molar-refractivity contribution is 6.37. The minimum Gasteiger partial charge on any atom is -0.460 e. The van der Waals surface area contributed by atoms with E-state index >= 15 is 0 Å². The van der Waals surface area contributed by atoms with Crippen LogP contribution in [-0.4, -0.2) is 36.1 Å². The van der Waals surface area contributed by atoms with Gasteiger partial charge in [-0.15, -0.1) is 0 Å². The summed E-state index contributed by atoms with van der Waals surface area (Å²) in [7, 11) is 0. The third-order valence-electron chi connectivity index (χ3n) is 4.18. The second kappa shape index (κ2) is 11.6. The van der Waals surface area contributed by atoms with Gasteiger partial charge in [-0.25, -0.2) is 4.79 Å². The van der Waals surface area contributed by atoms with E-state index in [0.29, 0.717) is 24.8 Å². The van der Waals surface area contributed by atoms with Crippen molar-refractivity contribution in [2.45, 2.75) is 77.7 Å². The van der Waals surface area contributed by atoms with Crippen LogP contribution >= 0.6 is 0 Å². The van der Waals surface area contributed by atoms with Crippen LogP contribution in [0.25, 0.3) is 0 Å². The van der Waals surface area contributed by atoms with E-state index in [1.165, 1.54) is 0 Å². The highest BCUT2D eigenvalue weighted by atomic mass is 16.5. The molecule has 1 aliphatic heterocycles. The second-order valence-corrected chi connectivity index (χ2v) is 6.53. The molecule has 1 atom stereocenters. The Morgan fingerprint density at radius 3 is 2.52 bits per heavy atom. The maximum Gasteiger partial charge on any atom is 0.328 e. The maximum atomic E-state index is 11.8. The van der Waals surface area contributed by atoms with Crippen molar-refractivity contribution in [2.75, 3.05) is 6.61 Å². The standard InChI is InChI=1S/C19H29NO5/c1-3-4-5-6-7-8-16(21)17(22)11-9-14(2)13-25-19(24)15-10-12-18(23)20-15/h9,15H,3-8,10-13H2,1-2H3,(H,20,23)/t15-/m0/s1. The summed E-state index contributed by atoms with van der Waals surface area (Å²) in [5.41, 5.74) is 0.710. The van der Waals surface area contributed by atoms with Gasteiger partial charge in [0.25, 0.3) is 0 Å². The van der Waals surface area contributed by atoms with Gasteiger partial charge in [0.1, 0.15) is 12.6 Å². The number of amides is 1. The summed E-state index contributed by atoms with van der Waals surface area (Å²) >= 11 is 0. The number of allylic oxidation sites excluding steroid dienone is 1. The van der Waals surface area contributed by atoms with Crippen molar-refractivity contribution in [1.82, 2.24) is 5.32 Å². The first-order valence-corrected chi connectivity index (χ1v) is 9.11. The Balaban J connectivity index is 2.22. The molecule has 1 aliphatic rings. The monoisotopic (exact) mass is 351 g/mol. The fourth-order valence-corrected chi connectivity index (χ4v) is 2.54. The van der Waals surface area contributed by atoms with Crippen LogP contribution in [-0.2, 0) is 23.9 Å². The third kappa shape index (κ3) is 8.61. The molecule has 1 amide bonds. The Kier molecular flexibility index (Phi) is 9.73. The Labute approximate surface area is 149 Å². The fraction of sp³-hybridized carbons (Fsp3) is 0.684. The van der Waals surface area contributed by atoms with Crippen molar-refractivity contribution < 1.29 is 23.9 Å². The quantitative estimate of drug-likeness (QED) is 0.253.